The van der Waals surface area contributed by atoms with E-state index in [2.05, 4.69) is 4.74 Å². The number of hydrogen-bond acceptors (Lipinski definition) is 5. The Kier molecular flexibility index (Phi) is 2.80. The molecule has 1 saturated heterocycles. The molecule has 4 N–H and O–H groups in total. The molecule has 0 bridgehead atoms. The molecule has 1 unspecified atom stereocenters. The third-order valence-corrected chi connectivity index (χ3v) is 1.65. The molecule has 1 aliphatic rings. The minimum Gasteiger partial charge on any atom is -0.394 e. The fourth-order valence-electron chi connectivity index (χ4n) is 0.915. The van der Waals surface area contributed by atoms with E-state index < -0.39 is 24.4 Å². The van der Waals surface area contributed by atoms with Crippen LogP contribution >= 0.6 is 0 Å². The largest absolute Gasteiger partial charge is 0.394 e. The Hall–Kier alpha value is -0.200. The summed E-state index contributed by atoms with van der Waals surface area (Å²) in [6.45, 7) is 0.611. The van der Waals surface area contributed by atoms with E-state index in [1.807, 2.05) is 0 Å². The first kappa shape index (κ1) is 8.89. The Morgan fingerprint density at radius 3 is 2.36 bits per heavy atom. The van der Waals surface area contributed by atoms with Gasteiger partial charge in [-0.3, -0.25) is 0 Å². The Morgan fingerprint density at radius 2 is 1.82 bits per heavy atom. The van der Waals surface area contributed by atoms with Crippen molar-refractivity contribution >= 4 is 0 Å². The molecule has 11 heavy (non-hydrogen) atoms. The van der Waals surface area contributed by atoms with Crippen LogP contribution in [0.15, 0.2) is 0 Å². The maximum Gasteiger partial charge on any atom is 0.115 e. The zero-order valence-corrected chi connectivity index (χ0v) is 5.79. The topological polar surface area (TPSA) is 90.2 Å². The van der Waals surface area contributed by atoms with Crippen LogP contribution < -0.4 is 0 Å². The maximum absolute atomic E-state index is 9.09. The molecular formula is C6H11O5. The quantitative estimate of drug-likeness (QED) is 0.346. The number of ether oxygens (including phenoxy) is 1. The molecule has 0 aromatic heterocycles. The molecular weight excluding hydrogens is 152 g/mol. The van der Waals surface area contributed by atoms with Crippen molar-refractivity contribution in [3.05, 3.63) is 6.61 Å². The highest BCUT2D eigenvalue weighted by Gasteiger charge is 2.37. The summed E-state index contributed by atoms with van der Waals surface area (Å²) in [5.74, 6) is 0. The van der Waals surface area contributed by atoms with E-state index in [-0.39, 0.29) is 6.61 Å². The fraction of sp³-hybridized carbons (Fsp3) is 0.833. The van der Waals surface area contributed by atoms with Crippen molar-refractivity contribution in [2.75, 3.05) is 6.61 Å². The summed E-state index contributed by atoms with van der Waals surface area (Å²) in [5, 5.41) is 35.6. The third-order valence-electron chi connectivity index (χ3n) is 1.65. The Bertz CT molecular complexity index is 126. The molecule has 4 atom stereocenters. The van der Waals surface area contributed by atoms with Crippen LogP contribution in [0.4, 0.5) is 0 Å². The lowest BCUT2D eigenvalue weighted by molar-refractivity contribution is -0.169. The van der Waals surface area contributed by atoms with Gasteiger partial charge in [0, 0.05) is 0 Å². The van der Waals surface area contributed by atoms with Crippen molar-refractivity contribution in [3.8, 4) is 0 Å². The van der Waals surface area contributed by atoms with Crippen molar-refractivity contribution in [3.63, 3.8) is 0 Å². The van der Waals surface area contributed by atoms with Crippen LogP contribution in [0.1, 0.15) is 0 Å². The second kappa shape index (κ2) is 3.46. The molecule has 0 aromatic rings. The third kappa shape index (κ3) is 1.69. The molecule has 0 amide bonds. The summed E-state index contributed by atoms with van der Waals surface area (Å²) in [5.41, 5.74) is 0. The van der Waals surface area contributed by atoms with Gasteiger partial charge in [0.1, 0.15) is 31.0 Å². The molecule has 0 aliphatic carbocycles. The number of rotatable bonds is 1. The molecule has 0 spiro atoms. The first-order valence-corrected chi connectivity index (χ1v) is 3.30. The van der Waals surface area contributed by atoms with Gasteiger partial charge < -0.3 is 25.2 Å². The van der Waals surface area contributed by atoms with Gasteiger partial charge in [0.2, 0.25) is 0 Å². The second-order valence-electron chi connectivity index (χ2n) is 2.46. The monoisotopic (exact) mass is 163 g/mol. The normalized spacial score (nSPS) is 45.8. The van der Waals surface area contributed by atoms with Crippen LogP contribution in [-0.2, 0) is 4.74 Å². The van der Waals surface area contributed by atoms with Gasteiger partial charge in [-0.1, -0.05) is 0 Å². The van der Waals surface area contributed by atoms with E-state index in [9.17, 15) is 0 Å². The van der Waals surface area contributed by atoms with Crippen LogP contribution in [0.5, 0.6) is 0 Å². The molecule has 5 nitrogen and oxygen atoms in total. The highest BCUT2D eigenvalue weighted by Crippen LogP contribution is 2.17. The van der Waals surface area contributed by atoms with Crippen LogP contribution in [-0.4, -0.2) is 51.4 Å². The van der Waals surface area contributed by atoms with Crippen molar-refractivity contribution in [1.82, 2.24) is 0 Å². The molecule has 1 aliphatic heterocycles. The Balaban J connectivity index is 2.52. The number of aliphatic hydroxyl groups is 4. The van der Waals surface area contributed by atoms with E-state index in [0.29, 0.717) is 0 Å². The molecule has 0 aromatic carbocycles. The number of aliphatic hydroxyl groups excluding tert-OH is 4. The molecule has 0 saturated carbocycles. The highest BCUT2D eigenvalue weighted by molar-refractivity contribution is 4.91. The summed E-state index contributed by atoms with van der Waals surface area (Å²) in [7, 11) is 0. The molecule has 1 fully saturated rings. The van der Waals surface area contributed by atoms with Gasteiger partial charge in [-0.25, -0.2) is 0 Å². The van der Waals surface area contributed by atoms with Crippen LogP contribution in [0.2, 0.25) is 0 Å². The lowest BCUT2D eigenvalue weighted by Gasteiger charge is -2.33. The lowest BCUT2D eigenvalue weighted by Crippen LogP contribution is -2.52. The molecule has 1 rings (SSSR count). The zero-order chi connectivity index (χ0) is 8.43. The number of hydrogen-bond donors (Lipinski definition) is 4. The van der Waals surface area contributed by atoms with Gasteiger partial charge in [-0.2, -0.15) is 0 Å². The summed E-state index contributed by atoms with van der Waals surface area (Å²) in [6, 6.07) is 0. The van der Waals surface area contributed by atoms with E-state index in [1.165, 1.54) is 0 Å². The second-order valence-corrected chi connectivity index (χ2v) is 2.46. The van der Waals surface area contributed by atoms with E-state index in [0.717, 1.165) is 6.61 Å². The minimum absolute atomic E-state index is 0.387. The average Bonchev–Trinajstić information content (AvgIpc) is 2.01. The fourth-order valence-corrected chi connectivity index (χ4v) is 0.915. The van der Waals surface area contributed by atoms with Gasteiger partial charge in [0.25, 0.3) is 0 Å². The molecule has 5 heteroatoms. The van der Waals surface area contributed by atoms with Gasteiger partial charge in [-0.15, -0.1) is 0 Å². The first-order chi connectivity index (χ1) is 5.16. The standard InChI is InChI=1S/C6H11O5/c7-1-4-6(10)5(9)3(8)2-11-4/h2-10H,1H2/t3-,4+,5-,6?/m0/s1. The van der Waals surface area contributed by atoms with Crippen molar-refractivity contribution in [2.24, 2.45) is 0 Å². The van der Waals surface area contributed by atoms with Gasteiger partial charge >= 0.3 is 0 Å². The van der Waals surface area contributed by atoms with Crippen molar-refractivity contribution in [1.29, 1.82) is 0 Å². The predicted octanol–water partition coefficient (Wildman–Crippen LogP) is -2.38. The smallest absolute Gasteiger partial charge is 0.115 e. The summed E-state index contributed by atoms with van der Waals surface area (Å²) in [6.07, 6.45) is -4.54. The molecule has 1 radical (unpaired) electrons. The Morgan fingerprint density at radius 1 is 1.18 bits per heavy atom. The van der Waals surface area contributed by atoms with Crippen LogP contribution in [0, 0.1) is 6.61 Å². The molecule has 65 valence electrons. The minimum atomic E-state index is -1.28. The summed E-state index contributed by atoms with van der Waals surface area (Å²) >= 11 is 0. The van der Waals surface area contributed by atoms with Crippen LogP contribution in [0.3, 0.4) is 0 Å². The van der Waals surface area contributed by atoms with E-state index >= 15 is 0 Å². The zero-order valence-electron chi connectivity index (χ0n) is 5.79. The van der Waals surface area contributed by atoms with E-state index in [4.69, 9.17) is 20.4 Å². The van der Waals surface area contributed by atoms with Gasteiger partial charge in [0.05, 0.1) is 6.61 Å². The average molecular weight is 163 g/mol. The maximum atomic E-state index is 9.09. The highest BCUT2D eigenvalue weighted by atomic mass is 16.5. The summed E-state index contributed by atoms with van der Waals surface area (Å²) < 4.78 is 4.69. The van der Waals surface area contributed by atoms with Crippen molar-refractivity contribution < 1.29 is 25.2 Å². The van der Waals surface area contributed by atoms with Gasteiger partial charge in [0.15, 0.2) is 0 Å². The lowest BCUT2D eigenvalue weighted by atomic mass is 10.0. The van der Waals surface area contributed by atoms with Crippen LogP contribution in [0.25, 0.3) is 0 Å². The van der Waals surface area contributed by atoms with Crippen molar-refractivity contribution in [2.45, 2.75) is 24.4 Å². The van der Waals surface area contributed by atoms with Gasteiger partial charge in [-0.05, 0) is 0 Å². The predicted molar refractivity (Wildman–Crippen MR) is 34.3 cm³/mol. The Labute approximate surface area is 63.8 Å². The summed E-state index contributed by atoms with van der Waals surface area (Å²) in [4.78, 5) is 0. The molecule has 1 heterocycles. The van der Waals surface area contributed by atoms with E-state index in [1.54, 1.807) is 0 Å². The SMILES string of the molecule is OC[C@H]1O[CH][C@H](O)[C@H](O)C1O. The first-order valence-electron chi connectivity index (χ1n) is 3.30.